The largest absolute Gasteiger partial charge is 0.494 e. The van der Waals surface area contributed by atoms with E-state index < -0.39 is 17.6 Å². The van der Waals surface area contributed by atoms with Crippen LogP contribution < -0.4 is 20.3 Å². The smallest absolute Gasteiger partial charge is 0.426 e. The SMILES string of the molecule is CC(C)(C)OC(=O)NNC(=O)c1ccc(-c2ccc(OCCCCOc3ccccc3)cc2)cc1. The summed E-state index contributed by atoms with van der Waals surface area (Å²) >= 11 is 0. The predicted molar refractivity (Wildman–Crippen MR) is 135 cm³/mol. The van der Waals surface area contributed by atoms with Crippen LogP contribution in [0.25, 0.3) is 11.1 Å². The summed E-state index contributed by atoms with van der Waals surface area (Å²) in [6.45, 7) is 6.52. The summed E-state index contributed by atoms with van der Waals surface area (Å²) in [5.41, 5.74) is 6.33. The molecule has 3 aromatic carbocycles. The third-order valence-electron chi connectivity index (χ3n) is 4.83. The van der Waals surface area contributed by atoms with Gasteiger partial charge in [0, 0.05) is 5.56 Å². The number of rotatable bonds is 9. The summed E-state index contributed by atoms with van der Waals surface area (Å²) in [5.74, 6) is 1.26. The van der Waals surface area contributed by atoms with E-state index in [0.717, 1.165) is 35.5 Å². The lowest BCUT2D eigenvalue weighted by Gasteiger charge is -2.19. The van der Waals surface area contributed by atoms with Crippen LogP contribution in [-0.4, -0.2) is 30.8 Å². The molecular weight excluding hydrogens is 444 g/mol. The Morgan fingerprint density at radius 1 is 0.686 bits per heavy atom. The molecule has 184 valence electrons. The quantitative estimate of drug-likeness (QED) is 0.303. The molecule has 0 aliphatic carbocycles. The van der Waals surface area contributed by atoms with Crippen molar-refractivity contribution < 1.29 is 23.8 Å². The van der Waals surface area contributed by atoms with Crippen molar-refractivity contribution in [2.24, 2.45) is 0 Å². The van der Waals surface area contributed by atoms with E-state index in [1.807, 2.05) is 66.7 Å². The van der Waals surface area contributed by atoms with Gasteiger partial charge in [-0.3, -0.25) is 10.2 Å². The van der Waals surface area contributed by atoms with Crippen LogP contribution in [0.15, 0.2) is 78.9 Å². The maximum Gasteiger partial charge on any atom is 0.426 e. The molecule has 7 nitrogen and oxygen atoms in total. The molecule has 3 rings (SSSR count). The number of hydrogen-bond donors (Lipinski definition) is 2. The highest BCUT2D eigenvalue weighted by Crippen LogP contribution is 2.23. The lowest BCUT2D eigenvalue weighted by atomic mass is 10.0. The maximum absolute atomic E-state index is 12.2. The fourth-order valence-electron chi connectivity index (χ4n) is 3.14. The highest BCUT2D eigenvalue weighted by atomic mass is 16.6. The molecule has 0 fully saturated rings. The Bertz CT molecular complexity index is 1080. The molecular formula is C28H32N2O5. The predicted octanol–water partition coefficient (Wildman–Crippen LogP) is 5.76. The van der Waals surface area contributed by atoms with E-state index in [0.29, 0.717) is 18.8 Å². The molecule has 0 aromatic heterocycles. The maximum atomic E-state index is 12.2. The summed E-state index contributed by atoms with van der Waals surface area (Å²) in [7, 11) is 0. The van der Waals surface area contributed by atoms with E-state index in [4.69, 9.17) is 14.2 Å². The Balaban J connectivity index is 1.40. The molecule has 0 heterocycles. The highest BCUT2D eigenvalue weighted by molar-refractivity contribution is 5.95. The number of nitrogens with one attached hydrogen (secondary N) is 2. The highest BCUT2D eigenvalue weighted by Gasteiger charge is 2.16. The normalized spacial score (nSPS) is 10.8. The van der Waals surface area contributed by atoms with Crippen LogP contribution in [0.2, 0.25) is 0 Å². The minimum Gasteiger partial charge on any atom is -0.494 e. The number of benzene rings is 3. The second-order valence-electron chi connectivity index (χ2n) is 8.90. The second kappa shape index (κ2) is 12.5. The molecule has 0 aliphatic heterocycles. The van der Waals surface area contributed by atoms with E-state index in [-0.39, 0.29) is 0 Å². The van der Waals surface area contributed by atoms with Gasteiger partial charge in [0.1, 0.15) is 17.1 Å². The average molecular weight is 477 g/mol. The fourth-order valence-corrected chi connectivity index (χ4v) is 3.14. The molecule has 2 N–H and O–H groups in total. The average Bonchev–Trinajstić information content (AvgIpc) is 2.85. The summed E-state index contributed by atoms with van der Waals surface area (Å²) < 4.78 is 16.6. The second-order valence-corrected chi connectivity index (χ2v) is 8.90. The topological polar surface area (TPSA) is 85.9 Å². The van der Waals surface area contributed by atoms with Crippen LogP contribution in [0, 0.1) is 0 Å². The van der Waals surface area contributed by atoms with Crippen molar-refractivity contribution in [3.8, 4) is 22.6 Å². The van der Waals surface area contributed by atoms with Gasteiger partial charge >= 0.3 is 6.09 Å². The van der Waals surface area contributed by atoms with E-state index in [1.165, 1.54) is 0 Å². The molecule has 3 aromatic rings. The van der Waals surface area contributed by atoms with E-state index >= 15 is 0 Å². The third-order valence-corrected chi connectivity index (χ3v) is 4.83. The molecule has 0 spiro atoms. The molecule has 2 amide bonds. The van der Waals surface area contributed by atoms with Crippen LogP contribution in [0.4, 0.5) is 4.79 Å². The van der Waals surface area contributed by atoms with Gasteiger partial charge in [0.05, 0.1) is 13.2 Å². The molecule has 7 heteroatoms. The Kier molecular flexibility index (Phi) is 9.12. The number of ether oxygens (including phenoxy) is 3. The zero-order valence-corrected chi connectivity index (χ0v) is 20.4. The lowest BCUT2D eigenvalue weighted by molar-refractivity contribution is 0.0483. The molecule has 0 atom stereocenters. The first kappa shape index (κ1) is 25.6. The fraction of sp³-hybridized carbons (Fsp3) is 0.286. The number of unbranched alkanes of at least 4 members (excludes halogenated alkanes) is 1. The Morgan fingerprint density at radius 2 is 1.20 bits per heavy atom. The molecule has 0 radical (unpaired) electrons. The van der Waals surface area contributed by atoms with Gasteiger partial charge in [-0.1, -0.05) is 42.5 Å². The minimum absolute atomic E-state index is 0.418. The number of amides is 2. The zero-order valence-electron chi connectivity index (χ0n) is 20.4. The van der Waals surface area contributed by atoms with Crippen LogP contribution in [0.5, 0.6) is 11.5 Å². The van der Waals surface area contributed by atoms with Gasteiger partial charge in [0.25, 0.3) is 5.91 Å². The van der Waals surface area contributed by atoms with Crippen LogP contribution in [0.3, 0.4) is 0 Å². The van der Waals surface area contributed by atoms with Crippen LogP contribution in [0.1, 0.15) is 44.0 Å². The van der Waals surface area contributed by atoms with Crippen LogP contribution >= 0.6 is 0 Å². The van der Waals surface area contributed by atoms with Gasteiger partial charge in [-0.2, -0.15) is 0 Å². The monoisotopic (exact) mass is 476 g/mol. The molecule has 0 unspecified atom stereocenters. The first-order chi connectivity index (χ1) is 16.8. The molecule has 0 saturated carbocycles. The summed E-state index contributed by atoms with van der Waals surface area (Å²) in [5, 5.41) is 0. The Labute approximate surface area is 206 Å². The molecule has 35 heavy (non-hydrogen) atoms. The van der Waals surface area contributed by atoms with E-state index in [9.17, 15) is 9.59 Å². The summed E-state index contributed by atoms with van der Waals surface area (Å²) in [4.78, 5) is 23.9. The first-order valence-electron chi connectivity index (χ1n) is 11.6. The van der Waals surface area contributed by atoms with E-state index in [1.54, 1.807) is 32.9 Å². The number of hydrazine groups is 1. The number of carbonyl (C=O) groups is 2. The lowest BCUT2D eigenvalue weighted by Crippen LogP contribution is -2.44. The number of hydrogen-bond acceptors (Lipinski definition) is 5. The van der Waals surface area contributed by atoms with Crippen molar-refractivity contribution >= 4 is 12.0 Å². The van der Waals surface area contributed by atoms with Gasteiger partial charge in [0.15, 0.2) is 0 Å². The van der Waals surface area contributed by atoms with Crippen molar-refractivity contribution in [3.05, 3.63) is 84.4 Å². The van der Waals surface area contributed by atoms with Crippen molar-refractivity contribution in [2.75, 3.05) is 13.2 Å². The van der Waals surface area contributed by atoms with Gasteiger partial charge in [-0.25, -0.2) is 10.2 Å². The number of carbonyl (C=O) groups excluding carboxylic acids is 2. The Morgan fingerprint density at radius 3 is 1.74 bits per heavy atom. The van der Waals surface area contributed by atoms with Crippen molar-refractivity contribution in [1.29, 1.82) is 0 Å². The first-order valence-corrected chi connectivity index (χ1v) is 11.6. The summed E-state index contributed by atoms with van der Waals surface area (Å²) in [6.07, 6.45) is 1.10. The summed E-state index contributed by atoms with van der Waals surface area (Å²) in [6, 6.07) is 24.7. The van der Waals surface area contributed by atoms with Crippen LogP contribution in [-0.2, 0) is 4.74 Å². The van der Waals surface area contributed by atoms with Gasteiger partial charge < -0.3 is 14.2 Å². The molecule has 0 aliphatic rings. The molecule has 0 saturated heterocycles. The Hall–Kier alpha value is -4.00. The third kappa shape index (κ3) is 9.04. The minimum atomic E-state index is -0.717. The van der Waals surface area contributed by atoms with Crippen molar-refractivity contribution in [1.82, 2.24) is 10.9 Å². The standard InChI is InChI=1S/C28H32N2O5/c1-28(2,3)35-27(32)30-29-26(31)23-13-11-21(12-14-23)22-15-17-25(18-16-22)34-20-8-7-19-33-24-9-5-4-6-10-24/h4-6,9-18H,7-8,19-20H2,1-3H3,(H,29,31)(H,30,32). The van der Waals surface area contributed by atoms with Gasteiger partial charge in [0.2, 0.25) is 0 Å². The van der Waals surface area contributed by atoms with Crippen molar-refractivity contribution in [2.45, 2.75) is 39.2 Å². The van der Waals surface area contributed by atoms with Gasteiger partial charge in [-0.15, -0.1) is 0 Å². The molecule has 0 bridgehead atoms. The zero-order chi connectivity index (χ0) is 25.1. The van der Waals surface area contributed by atoms with Gasteiger partial charge in [-0.05, 0) is 81.1 Å². The van der Waals surface area contributed by atoms with Crippen molar-refractivity contribution in [3.63, 3.8) is 0 Å². The number of para-hydroxylation sites is 1. The van der Waals surface area contributed by atoms with E-state index in [2.05, 4.69) is 10.9 Å².